The largest absolute Gasteiger partial charge is 0.497 e. The van der Waals surface area contributed by atoms with Gasteiger partial charge in [-0.3, -0.25) is 14.5 Å². The van der Waals surface area contributed by atoms with Crippen LogP contribution in [0.1, 0.15) is 46.1 Å². The second-order valence-electron chi connectivity index (χ2n) is 9.43. The van der Waals surface area contributed by atoms with Crippen LogP contribution in [0, 0.1) is 6.92 Å². The Labute approximate surface area is 194 Å². The van der Waals surface area contributed by atoms with Gasteiger partial charge in [-0.2, -0.15) is 13.2 Å². The number of aromatic amines is 1. The number of rotatable bonds is 4. The summed E-state index contributed by atoms with van der Waals surface area (Å²) in [5.74, 6) is -0.349. The smallest absolute Gasteiger partial charge is 0.401 e. The highest BCUT2D eigenvalue weighted by Gasteiger charge is 2.61. The van der Waals surface area contributed by atoms with Crippen LogP contribution in [0.4, 0.5) is 13.2 Å². The number of ether oxygens (including phenoxy) is 1. The van der Waals surface area contributed by atoms with Gasteiger partial charge in [-0.05, 0) is 61.7 Å². The molecule has 1 aliphatic heterocycles. The monoisotopic (exact) mass is 479 g/mol. The Morgan fingerprint density at radius 2 is 2.03 bits per heavy atom. The number of methoxy groups -OCH3 is 1. The first-order valence-electron chi connectivity index (χ1n) is 11.0. The van der Waals surface area contributed by atoms with E-state index in [0.717, 1.165) is 11.1 Å². The van der Waals surface area contributed by atoms with Crippen molar-refractivity contribution in [3.05, 3.63) is 62.6 Å². The van der Waals surface area contributed by atoms with E-state index >= 15 is 0 Å². The normalized spacial score (nSPS) is 27.1. The number of hydrogen-bond donors (Lipinski definition) is 3. The lowest BCUT2D eigenvalue weighted by Crippen LogP contribution is -2.71. The number of aryl methyl sites for hydroxylation is 1. The number of nitrogens with zero attached hydrogens (tertiary/aromatic N) is 1. The molecule has 1 amide bonds. The third-order valence-corrected chi connectivity index (χ3v) is 7.66. The number of alkyl halides is 3. The highest BCUT2D eigenvalue weighted by molar-refractivity contribution is 5.92. The van der Waals surface area contributed by atoms with E-state index in [1.165, 1.54) is 18.1 Å². The number of carbonyl (C=O) groups excluding carboxylic acids is 1. The van der Waals surface area contributed by atoms with Crippen molar-refractivity contribution in [3.8, 4) is 5.75 Å². The number of pyridine rings is 1. The van der Waals surface area contributed by atoms with Crippen molar-refractivity contribution in [1.82, 2.24) is 9.88 Å². The number of carbonyl (C=O) groups is 1. The second kappa shape index (κ2) is 8.13. The first kappa shape index (κ1) is 24.3. The van der Waals surface area contributed by atoms with Gasteiger partial charge in [-0.25, -0.2) is 0 Å². The van der Waals surface area contributed by atoms with Crippen LogP contribution in [0.15, 0.2) is 29.1 Å². The van der Waals surface area contributed by atoms with Crippen molar-refractivity contribution in [2.75, 3.05) is 20.2 Å². The number of amides is 1. The number of nitrogens with one attached hydrogen (secondary N) is 1. The summed E-state index contributed by atoms with van der Waals surface area (Å²) in [6.07, 6.45) is -4.05. The number of hydrogen-bond acceptors (Lipinski definition) is 5. The SMILES string of the molecule is COc1ccc(C)c([C@]23CCN(CC(F)(F)F)[C@H](C)[C@]2(O)Cc2cc(C(N)=O)c(=O)[nH]c2C3)c1. The molecule has 2 aliphatic rings. The van der Waals surface area contributed by atoms with Crippen LogP contribution in [0.2, 0.25) is 0 Å². The number of aliphatic hydroxyl groups is 1. The summed E-state index contributed by atoms with van der Waals surface area (Å²) in [6.45, 7) is 2.44. The minimum atomic E-state index is -4.42. The third-order valence-electron chi connectivity index (χ3n) is 7.66. The second-order valence-corrected chi connectivity index (χ2v) is 9.43. The summed E-state index contributed by atoms with van der Waals surface area (Å²) < 4.78 is 45.4. The number of primary amides is 1. The Bertz CT molecular complexity index is 1190. The van der Waals surface area contributed by atoms with E-state index in [2.05, 4.69) is 4.98 Å². The molecule has 0 spiro atoms. The summed E-state index contributed by atoms with van der Waals surface area (Å²) in [7, 11) is 1.52. The number of piperidine rings is 1. The standard InChI is InChI=1S/C24H28F3N3O4/c1-13-4-5-16(34-3)9-18(13)22-6-7-30(12-24(25,26)27)14(2)23(22,33)10-15-8-17(20(28)31)21(32)29-19(15)11-22/h4-5,8-9,14,33H,6-7,10-12H2,1-3H3,(H2,28,31)(H,29,32)/t14-,22-,23-/m1/s1. The van der Waals surface area contributed by atoms with Crippen LogP contribution in [0.3, 0.4) is 0 Å². The molecule has 3 atom stereocenters. The predicted molar refractivity (Wildman–Crippen MR) is 119 cm³/mol. The predicted octanol–water partition coefficient (Wildman–Crippen LogP) is 2.22. The van der Waals surface area contributed by atoms with Gasteiger partial charge in [-0.1, -0.05) is 6.07 Å². The highest BCUT2D eigenvalue weighted by atomic mass is 19.4. The molecule has 2 aromatic rings. The van der Waals surface area contributed by atoms with Crippen LogP contribution in [-0.4, -0.2) is 58.9 Å². The van der Waals surface area contributed by atoms with Gasteiger partial charge in [0.25, 0.3) is 11.5 Å². The van der Waals surface area contributed by atoms with Crippen LogP contribution in [-0.2, 0) is 18.3 Å². The Kier molecular flexibility index (Phi) is 5.80. The van der Waals surface area contributed by atoms with E-state index in [4.69, 9.17) is 10.5 Å². The number of benzene rings is 1. The fraction of sp³-hybridized carbons (Fsp3) is 0.500. The van der Waals surface area contributed by atoms with E-state index < -0.39 is 41.2 Å². The minimum Gasteiger partial charge on any atom is -0.497 e. The van der Waals surface area contributed by atoms with Crippen molar-refractivity contribution in [1.29, 1.82) is 0 Å². The van der Waals surface area contributed by atoms with Gasteiger partial charge in [0.05, 0.1) is 19.3 Å². The van der Waals surface area contributed by atoms with E-state index in [-0.39, 0.29) is 31.4 Å². The molecule has 1 aliphatic carbocycles. The summed E-state index contributed by atoms with van der Waals surface area (Å²) in [6, 6.07) is 5.93. The average molecular weight is 479 g/mol. The van der Waals surface area contributed by atoms with Crippen molar-refractivity contribution < 1.29 is 27.8 Å². The van der Waals surface area contributed by atoms with Crippen molar-refractivity contribution in [2.24, 2.45) is 5.73 Å². The molecule has 1 aromatic carbocycles. The molecule has 4 rings (SSSR count). The Balaban J connectivity index is 1.94. The molecule has 34 heavy (non-hydrogen) atoms. The van der Waals surface area contributed by atoms with Gasteiger partial charge >= 0.3 is 6.18 Å². The number of nitrogens with two attached hydrogens (primary N) is 1. The quantitative estimate of drug-likeness (QED) is 0.623. The van der Waals surface area contributed by atoms with Gasteiger partial charge in [-0.15, -0.1) is 0 Å². The molecule has 0 bridgehead atoms. The van der Waals surface area contributed by atoms with Crippen LogP contribution >= 0.6 is 0 Å². The Morgan fingerprint density at radius 1 is 1.32 bits per heavy atom. The van der Waals surface area contributed by atoms with Gasteiger partial charge in [0.1, 0.15) is 11.3 Å². The Hall–Kier alpha value is -2.85. The van der Waals surface area contributed by atoms with E-state index in [1.807, 2.05) is 19.1 Å². The maximum Gasteiger partial charge on any atom is 0.401 e. The molecule has 1 fully saturated rings. The number of likely N-dealkylation sites (tertiary alicyclic amines) is 1. The summed E-state index contributed by atoms with van der Waals surface area (Å²) in [4.78, 5) is 28.2. The van der Waals surface area contributed by atoms with E-state index in [9.17, 15) is 27.9 Å². The van der Waals surface area contributed by atoms with Crippen molar-refractivity contribution >= 4 is 5.91 Å². The number of aromatic nitrogens is 1. The number of fused-ring (bicyclic) bond motifs is 2. The fourth-order valence-electron chi connectivity index (χ4n) is 5.86. The molecule has 1 aromatic heterocycles. The van der Waals surface area contributed by atoms with Crippen molar-refractivity contribution in [3.63, 3.8) is 0 Å². The van der Waals surface area contributed by atoms with Crippen LogP contribution in [0.5, 0.6) is 5.75 Å². The minimum absolute atomic E-state index is 0.0500. The van der Waals surface area contributed by atoms with Crippen molar-refractivity contribution in [2.45, 2.75) is 56.3 Å². The summed E-state index contributed by atoms with van der Waals surface area (Å²) in [5.41, 5.74) is 4.49. The first-order chi connectivity index (χ1) is 15.8. The maximum atomic E-state index is 13.3. The zero-order chi connectivity index (χ0) is 25.1. The highest BCUT2D eigenvalue weighted by Crippen LogP contribution is 2.53. The first-order valence-corrected chi connectivity index (χ1v) is 11.0. The fourth-order valence-corrected chi connectivity index (χ4v) is 5.86. The maximum absolute atomic E-state index is 13.3. The van der Waals surface area contributed by atoms with Crippen LogP contribution in [0.25, 0.3) is 0 Å². The molecular formula is C24H28F3N3O4. The molecule has 184 valence electrons. The Morgan fingerprint density at radius 3 is 2.65 bits per heavy atom. The molecule has 7 nitrogen and oxygen atoms in total. The molecular weight excluding hydrogens is 451 g/mol. The summed E-state index contributed by atoms with van der Waals surface area (Å²) >= 11 is 0. The zero-order valence-electron chi connectivity index (χ0n) is 19.3. The van der Waals surface area contributed by atoms with Crippen LogP contribution < -0.4 is 16.0 Å². The average Bonchev–Trinajstić information content (AvgIpc) is 2.75. The molecule has 1 saturated heterocycles. The molecule has 10 heteroatoms. The molecule has 0 radical (unpaired) electrons. The topological polar surface area (TPSA) is 109 Å². The van der Waals surface area contributed by atoms with Gasteiger partial charge in [0.15, 0.2) is 0 Å². The lowest BCUT2D eigenvalue weighted by Gasteiger charge is -2.60. The lowest BCUT2D eigenvalue weighted by atomic mass is 9.53. The molecule has 0 unspecified atom stereocenters. The van der Waals surface area contributed by atoms with Gasteiger partial charge in [0, 0.05) is 30.0 Å². The lowest BCUT2D eigenvalue weighted by molar-refractivity contribution is -0.190. The number of H-pyrrole nitrogens is 1. The molecule has 4 N–H and O–H groups in total. The molecule has 0 saturated carbocycles. The third kappa shape index (κ3) is 3.78. The van der Waals surface area contributed by atoms with E-state index in [0.29, 0.717) is 17.0 Å². The molecule has 2 heterocycles. The van der Waals surface area contributed by atoms with E-state index in [1.54, 1.807) is 13.0 Å². The zero-order valence-corrected chi connectivity index (χ0v) is 19.3. The number of halogens is 3. The van der Waals surface area contributed by atoms with Gasteiger partial charge < -0.3 is 20.6 Å². The summed E-state index contributed by atoms with van der Waals surface area (Å²) in [5, 5.41) is 12.3. The van der Waals surface area contributed by atoms with Gasteiger partial charge in [0.2, 0.25) is 0 Å².